The van der Waals surface area contributed by atoms with Crippen LogP contribution < -0.4 is 21.4 Å². The topological polar surface area (TPSA) is 95.4 Å². The molecule has 0 aliphatic carbocycles. The largest absolute Gasteiger partial charge is 0.494 e. The summed E-state index contributed by atoms with van der Waals surface area (Å²) in [4.78, 5) is 29.4. The Morgan fingerprint density at radius 2 is 1.93 bits per heavy atom. The predicted molar refractivity (Wildman–Crippen MR) is 119 cm³/mol. The average Bonchev–Trinajstić information content (AvgIpc) is 3.09. The van der Waals surface area contributed by atoms with E-state index in [4.69, 9.17) is 16.3 Å². The van der Waals surface area contributed by atoms with Crippen LogP contribution in [0.25, 0.3) is 11.2 Å². The number of hydrogen-bond acceptors (Lipinski definition) is 6. The standard InChI is InChI=1S/C20H23ClN6O3/c1-5-30-15-8-6-14(7-9-15)12-22-24-19-23-17-16(27(19)11-10-13(2)21)18(28)26(4)20(29)25(17)3/h6-10,12H,5,11H2,1-4H3,(H,23,24)/b13-10-,22-12-. The van der Waals surface area contributed by atoms with Gasteiger partial charge in [0.15, 0.2) is 11.2 Å². The van der Waals surface area contributed by atoms with Crippen molar-refractivity contribution in [3.63, 3.8) is 0 Å². The number of nitrogens with one attached hydrogen (secondary N) is 1. The van der Waals surface area contributed by atoms with Crippen molar-refractivity contribution < 1.29 is 4.74 Å². The van der Waals surface area contributed by atoms with Crippen molar-refractivity contribution in [1.82, 2.24) is 18.7 Å². The molecular formula is C20H23ClN6O3. The molecule has 0 unspecified atom stereocenters. The summed E-state index contributed by atoms with van der Waals surface area (Å²) in [6.07, 6.45) is 3.37. The van der Waals surface area contributed by atoms with Gasteiger partial charge in [-0.2, -0.15) is 10.1 Å². The predicted octanol–water partition coefficient (Wildman–Crippen LogP) is 2.42. The Hall–Kier alpha value is -3.33. The third-order valence-electron chi connectivity index (χ3n) is 4.47. The SMILES string of the molecule is CCOc1ccc(/C=N\Nc2nc3c(c(=O)n(C)c(=O)n3C)n2C/C=C(/C)Cl)cc1. The first-order valence-corrected chi connectivity index (χ1v) is 9.71. The molecule has 0 saturated heterocycles. The molecule has 1 aromatic carbocycles. The first-order valence-electron chi connectivity index (χ1n) is 9.34. The molecule has 30 heavy (non-hydrogen) atoms. The highest BCUT2D eigenvalue weighted by atomic mass is 35.5. The number of aromatic nitrogens is 4. The molecule has 0 bridgehead atoms. The zero-order valence-corrected chi connectivity index (χ0v) is 18.0. The molecule has 0 fully saturated rings. The zero-order valence-electron chi connectivity index (χ0n) is 17.2. The van der Waals surface area contributed by atoms with Crippen molar-refractivity contribution in [2.75, 3.05) is 12.0 Å². The number of hydrogen-bond donors (Lipinski definition) is 1. The third-order valence-corrected chi connectivity index (χ3v) is 4.63. The van der Waals surface area contributed by atoms with Crippen molar-refractivity contribution in [3.05, 3.63) is 61.8 Å². The Morgan fingerprint density at radius 1 is 1.23 bits per heavy atom. The monoisotopic (exact) mass is 430 g/mol. The maximum absolute atomic E-state index is 12.7. The summed E-state index contributed by atoms with van der Waals surface area (Å²) in [6.45, 7) is 4.56. The van der Waals surface area contributed by atoms with Gasteiger partial charge < -0.3 is 4.74 Å². The summed E-state index contributed by atoms with van der Waals surface area (Å²) in [5.74, 6) is 1.10. The van der Waals surface area contributed by atoms with Gasteiger partial charge in [0, 0.05) is 25.7 Å². The number of rotatable bonds is 7. The average molecular weight is 431 g/mol. The minimum Gasteiger partial charge on any atom is -0.494 e. The fourth-order valence-electron chi connectivity index (χ4n) is 2.91. The van der Waals surface area contributed by atoms with Crippen LogP contribution in [-0.2, 0) is 20.6 Å². The minimum atomic E-state index is -0.453. The molecule has 0 saturated carbocycles. The van der Waals surface area contributed by atoms with Crippen LogP contribution in [0.3, 0.4) is 0 Å². The quantitative estimate of drug-likeness (QED) is 0.458. The fourth-order valence-corrected chi connectivity index (χ4v) is 2.98. The first kappa shape index (κ1) is 21.4. The molecule has 0 aliphatic rings. The van der Waals surface area contributed by atoms with E-state index in [1.807, 2.05) is 31.2 Å². The number of ether oxygens (including phenoxy) is 1. The number of hydrazone groups is 1. The van der Waals surface area contributed by atoms with Crippen LogP contribution in [0.15, 0.2) is 50.1 Å². The highest BCUT2D eigenvalue weighted by molar-refractivity contribution is 6.29. The van der Waals surface area contributed by atoms with Gasteiger partial charge >= 0.3 is 5.69 Å². The maximum atomic E-state index is 12.7. The molecule has 2 heterocycles. The lowest BCUT2D eigenvalue weighted by atomic mass is 10.2. The van der Waals surface area contributed by atoms with E-state index in [9.17, 15) is 9.59 Å². The summed E-state index contributed by atoms with van der Waals surface area (Å²) >= 11 is 5.97. The lowest BCUT2D eigenvalue weighted by Crippen LogP contribution is -2.37. The molecule has 3 rings (SSSR count). The molecule has 2 aromatic heterocycles. The Balaban J connectivity index is 2.00. The highest BCUT2D eigenvalue weighted by Crippen LogP contribution is 2.17. The van der Waals surface area contributed by atoms with Crippen LogP contribution >= 0.6 is 11.6 Å². The van der Waals surface area contributed by atoms with Gasteiger partial charge in [0.05, 0.1) is 12.8 Å². The number of aryl methyl sites for hydroxylation is 1. The van der Waals surface area contributed by atoms with Crippen LogP contribution in [0.4, 0.5) is 5.95 Å². The van der Waals surface area contributed by atoms with Gasteiger partial charge in [-0.25, -0.2) is 10.2 Å². The molecule has 10 heteroatoms. The van der Waals surface area contributed by atoms with Crippen LogP contribution in [0, 0.1) is 0 Å². The van der Waals surface area contributed by atoms with E-state index in [1.165, 1.54) is 11.6 Å². The number of nitrogens with zero attached hydrogens (tertiary/aromatic N) is 5. The van der Waals surface area contributed by atoms with Gasteiger partial charge in [0.2, 0.25) is 5.95 Å². The number of benzene rings is 1. The summed E-state index contributed by atoms with van der Waals surface area (Å²) in [6, 6.07) is 7.46. The molecule has 0 aliphatic heterocycles. The molecule has 158 valence electrons. The molecule has 0 atom stereocenters. The van der Waals surface area contributed by atoms with E-state index < -0.39 is 11.2 Å². The lowest BCUT2D eigenvalue weighted by Gasteiger charge is -2.07. The molecule has 0 amide bonds. The summed E-state index contributed by atoms with van der Waals surface area (Å²) in [7, 11) is 3.00. The van der Waals surface area contributed by atoms with E-state index in [0.29, 0.717) is 24.1 Å². The fraction of sp³-hybridized carbons (Fsp3) is 0.300. The van der Waals surface area contributed by atoms with E-state index >= 15 is 0 Å². The first-order chi connectivity index (χ1) is 14.3. The molecule has 3 aromatic rings. The molecule has 0 spiro atoms. The van der Waals surface area contributed by atoms with Gasteiger partial charge in [0.1, 0.15) is 5.75 Å². The van der Waals surface area contributed by atoms with Gasteiger partial charge in [-0.1, -0.05) is 17.7 Å². The third kappa shape index (κ3) is 4.30. The minimum absolute atomic E-state index is 0.266. The second-order valence-corrected chi connectivity index (χ2v) is 7.18. The van der Waals surface area contributed by atoms with Crippen molar-refractivity contribution in [1.29, 1.82) is 0 Å². The van der Waals surface area contributed by atoms with Gasteiger partial charge in [-0.3, -0.25) is 18.5 Å². The van der Waals surface area contributed by atoms with E-state index in [2.05, 4.69) is 15.5 Å². The second-order valence-electron chi connectivity index (χ2n) is 6.59. The van der Waals surface area contributed by atoms with E-state index in [0.717, 1.165) is 15.9 Å². The number of allylic oxidation sites excluding steroid dienone is 2. The molecule has 9 nitrogen and oxygen atoms in total. The number of imidazole rings is 1. The summed E-state index contributed by atoms with van der Waals surface area (Å²) < 4.78 is 9.43. The Morgan fingerprint density at radius 3 is 2.57 bits per heavy atom. The number of halogens is 1. The number of anilines is 1. The Labute approximate surface area is 177 Å². The van der Waals surface area contributed by atoms with Gasteiger partial charge in [0.25, 0.3) is 5.56 Å². The van der Waals surface area contributed by atoms with Crippen LogP contribution in [-0.4, -0.2) is 31.5 Å². The molecule has 1 N–H and O–H groups in total. The Kier molecular flexibility index (Phi) is 6.41. The summed E-state index contributed by atoms with van der Waals surface area (Å²) in [5, 5.41) is 4.80. The van der Waals surface area contributed by atoms with Crippen LogP contribution in [0.2, 0.25) is 0 Å². The second kappa shape index (κ2) is 9.00. The van der Waals surface area contributed by atoms with Crippen molar-refractivity contribution in [2.24, 2.45) is 19.2 Å². The molecule has 0 radical (unpaired) electrons. The van der Waals surface area contributed by atoms with Crippen molar-refractivity contribution in [2.45, 2.75) is 20.4 Å². The van der Waals surface area contributed by atoms with E-state index in [-0.39, 0.29) is 11.2 Å². The van der Waals surface area contributed by atoms with E-state index in [1.54, 1.807) is 30.8 Å². The van der Waals surface area contributed by atoms with Gasteiger partial charge in [-0.15, -0.1) is 0 Å². The van der Waals surface area contributed by atoms with Gasteiger partial charge in [-0.05, 0) is 43.7 Å². The normalized spacial score (nSPS) is 12.1. The zero-order chi connectivity index (χ0) is 21.8. The van der Waals surface area contributed by atoms with Crippen LogP contribution in [0.5, 0.6) is 5.75 Å². The smallest absolute Gasteiger partial charge is 0.332 e. The number of fused-ring (bicyclic) bond motifs is 1. The van der Waals surface area contributed by atoms with Crippen molar-refractivity contribution >= 4 is 34.9 Å². The summed E-state index contributed by atoms with van der Waals surface area (Å²) in [5.41, 5.74) is 3.38. The molecular weight excluding hydrogens is 408 g/mol. The highest BCUT2D eigenvalue weighted by Gasteiger charge is 2.18. The van der Waals surface area contributed by atoms with Crippen LogP contribution in [0.1, 0.15) is 19.4 Å². The lowest BCUT2D eigenvalue weighted by molar-refractivity contribution is 0.340. The van der Waals surface area contributed by atoms with Crippen molar-refractivity contribution in [3.8, 4) is 5.75 Å². The Bertz CT molecular complexity index is 1230. The maximum Gasteiger partial charge on any atom is 0.332 e.